The molecule has 0 saturated carbocycles. The van der Waals surface area contributed by atoms with Crippen LogP contribution in [-0.4, -0.2) is 42.0 Å². The number of aliphatic hydroxyl groups excluding tert-OH is 1. The van der Waals surface area contributed by atoms with Crippen LogP contribution in [0.1, 0.15) is 33.7 Å². The van der Waals surface area contributed by atoms with E-state index in [9.17, 15) is 19.5 Å². The van der Waals surface area contributed by atoms with Crippen LogP contribution in [0.4, 0.5) is 5.69 Å². The predicted molar refractivity (Wildman–Crippen MR) is 111 cm³/mol. The molecule has 152 valence electrons. The van der Waals surface area contributed by atoms with Crippen LogP contribution in [0.2, 0.25) is 0 Å². The molecule has 0 saturated heterocycles. The molecule has 2 aliphatic heterocycles. The van der Waals surface area contributed by atoms with Gasteiger partial charge in [0.25, 0.3) is 11.8 Å². The average Bonchev–Trinajstić information content (AvgIpc) is 3.12. The van der Waals surface area contributed by atoms with Crippen molar-refractivity contribution < 1.29 is 19.1 Å². The summed E-state index contributed by atoms with van der Waals surface area (Å²) in [6, 6.07) is 12.3. The van der Waals surface area contributed by atoms with Crippen molar-refractivity contribution in [3.8, 4) is 0 Å². The van der Waals surface area contributed by atoms with Crippen LogP contribution in [0.3, 0.4) is 0 Å². The number of fused-ring (bicyclic) bond motifs is 5. The van der Waals surface area contributed by atoms with Crippen molar-refractivity contribution in [3.63, 3.8) is 0 Å². The topological polar surface area (TPSA) is 91.1 Å². The van der Waals surface area contributed by atoms with Gasteiger partial charge in [0.15, 0.2) is 11.0 Å². The summed E-state index contributed by atoms with van der Waals surface area (Å²) in [5, 5.41) is 9.73. The molecule has 2 aromatic carbocycles. The number of amides is 2. The van der Waals surface area contributed by atoms with Crippen LogP contribution >= 0.6 is 0 Å². The molecule has 0 radical (unpaired) electrons. The molecule has 1 N–H and O–H groups in total. The van der Waals surface area contributed by atoms with E-state index in [1.165, 1.54) is 9.80 Å². The number of nitrogens with zero attached hydrogens (tertiary/aromatic N) is 2. The van der Waals surface area contributed by atoms with Gasteiger partial charge in [-0.15, -0.1) is 0 Å². The maximum absolute atomic E-state index is 13.7. The second-order valence-electron chi connectivity index (χ2n) is 7.76. The normalized spacial score (nSPS) is 19.8. The molecule has 2 aliphatic rings. The van der Waals surface area contributed by atoms with Gasteiger partial charge in [0.05, 0.1) is 10.9 Å². The third-order valence-corrected chi connectivity index (χ3v) is 6.06. The third-order valence-electron chi connectivity index (χ3n) is 6.06. The number of hydrogen-bond acceptors (Lipinski definition) is 5. The fraction of sp³-hybridized carbons (Fsp3) is 0.261. The van der Waals surface area contributed by atoms with Gasteiger partial charge in [0.1, 0.15) is 5.58 Å². The summed E-state index contributed by atoms with van der Waals surface area (Å²) in [7, 11) is 1.63. The number of aliphatic hydroxyl groups is 1. The van der Waals surface area contributed by atoms with Crippen molar-refractivity contribution in [2.24, 2.45) is 0 Å². The summed E-state index contributed by atoms with van der Waals surface area (Å²) in [4.78, 5) is 43.7. The molecule has 30 heavy (non-hydrogen) atoms. The van der Waals surface area contributed by atoms with E-state index in [1.807, 2.05) is 13.0 Å². The van der Waals surface area contributed by atoms with Crippen molar-refractivity contribution in [2.45, 2.75) is 18.9 Å². The van der Waals surface area contributed by atoms with Gasteiger partial charge in [-0.3, -0.25) is 14.4 Å². The number of benzene rings is 2. The van der Waals surface area contributed by atoms with Crippen molar-refractivity contribution in [1.82, 2.24) is 4.90 Å². The fourth-order valence-corrected chi connectivity index (χ4v) is 4.74. The van der Waals surface area contributed by atoms with Crippen LogP contribution < -0.4 is 10.3 Å². The number of hydrogen-bond donors (Lipinski definition) is 1. The number of carbonyl (C=O) groups is 2. The summed E-state index contributed by atoms with van der Waals surface area (Å²) in [6.07, 6.45) is 0.271. The molecule has 2 amide bonds. The third kappa shape index (κ3) is 2.10. The van der Waals surface area contributed by atoms with Gasteiger partial charge in [-0.2, -0.15) is 0 Å². The van der Waals surface area contributed by atoms with E-state index >= 15 is 0 Å². The molecular weight excluding hydrogens is 384 g/mol. The maximum Gasteiger partial charge on any atom is 0.291 e. The Balaban J connectivity index is 1.93. The van der Waals surface area contributed by atoms with Crippen molar-refractivity contribution in [3.05, 3.63) is 75.1 Å². The first kappa shape index (κ1) is 18.6. The predicted octanol–water partition coefficient (Wildman–Crippen LogP) is 2.16. The van der Waals surface area contributed by atoms with Crippen LogP contribution in [-0.2, 0) is 10.3 Å². The van der Waals surface area contributed by atoms with Gasteiger partial charge in [0.2, 0.25) is 5.76 Å². The standard InChI is InChI=1S/C23H20N2O5/c1-13-8-9-17-14(12-13)19(27)18-20(30-17)21(28)25(10-5-11-26)23(18)15-6-3-4-7-16(15)24(2)22(23)29/h3-4,6-9,12,26H,5,10-11H2,1-2H3. The van der Waals surface area contributed by atoms with Crippen LogP contribution in [0.15, 0.2) is 51.7 Å². The van der Waals surface area contributed by atoms with E-state index in [4.69, 9.17) is 4.42 Å². The maximum atomic E-state index is 13.7. The van der Waals surface area contributed by atoms with E-state index in [2.05, 4.69) is 0 Å². The molecule has 3 aromatic rings. The zero-order chi connectivity index (χ0) is 21.2. The lowest BCUT2D eigenvalue weighted by Gasteiger charge is -2.33. The Morgan fingerprint density at radius 2 is 1.87 bits per heavy atom. The van der Waals surface area contributed by atoms with Gasteiger partial charge in [-0.1, -0.05) is 29.8 Å². The molecule has 1 unspecified atom stereocenters. The average molecular weight is 404 g/mol. The Morgan fingerprint density at radius 1 is 1.10 bits per heavy atom. The second kappa shape index (κ2) is 6.27. The van der Waals surface area contributed by atoms with Gasteiger partial charge in [-0.25, -0.2) is 0 Å². The quantitative estimate of drug-likeness (QED) is 0.722. The number of rotatable bonds is 3. The van der Waals surface area contributed by atoms with Gasteiger partial charge in [-0.05, 0) is 31.5 Å². The minimum absolute atomic E-state index is 0.0605. The minimum Gasteiger partial charge on any atom is -0.450 e. The highest BCUT2D eigenvalue weighted by molar-refractivity contribution is 6.16. The molecule has 7 heteroatoms. The Morgan fingerprint density at radius 3 is 2.63 bits per heavy atom. The zero-order valence-electron chi connectivity index (χ0n) is 16.6. The summed E-state index contributed by atoms with van der Waals surface area (Å²) in [5.74, 6) is -1.00. The Bertz CT molecular complexity index is 1290. The molecule has 5 rings (SSSR count). The largest absolute Gasteiger partial charge is 0.450 e. The number of anilines is 1. The first-order valence-electron chi connectivity index (χ1n) is 9.81. The van der Waals surface area contributed by atoms with Gasteiger partial charge >= 0.3 is 0 Å². The van der Waals surface area contributed by atoms with Crippen LogP contribution in [0.5, 0.6) is 0 Å². The molecule has 1 aromatic heterocycles. The Labute approximate surface area is 172 Å². The Kier molecular flexibility index (Phi) is 3.88. The smallest absolute Gasteiger partial charge is 0.291 e. The van der Waals surface area contributed by atoms with E-state index in [0.29, 0.717) is 22.2 Å². The highest BCUT2D eigenvalue weighted by atomic mass is 16.3. The lowest BCUT2D eigenvalue weighted by atomic mass is 9.84. The summed E-state index contributed by atoms with van der Waals surface area (Å²) in [6.45, 7) is 1.83. The summed E-state index contributed by atoms with van der Waals surface area (Å²) in [5.41, 5.74) is 0.483. The highest BCUT2D eigenvalue weighted by Crippen LogP contribution is 2.52. The number of aryl methyl sites for hydroxylation is 1. The van der Waals surface area contributed by atoms with E-state index in [0.717, 1.165) is 5.56 Å². The molecule has 0 fully saturated rings. The molecule has 1 atom stereocenters. The number of carbonyl (C=O) groups excluding carboxylic acids is 2. The first-order valence-corrected chi connectivity index (χ1v) is 9.81. The van der Waals surface area contributed by atoms with Gasteiger partial charge < -0.3 is 19.3 Å². The van der Waals surface area contributed by atoms with Crippen LogP contribution in [0.25, 0.3) is 11.0 Å². The fourth-order valence-electron chi connectivity index (χ4n) is 4.74. The lowest BCUT2D eigenvalue weighted by Crippen LogP contribution is -2.53. The molecule has 1 spiro atoms. The number of likely N-dealkylation sites (N-methyl/N-ethyl adjacent to an activating group) is 1. The highest BCUT2D eigenvalue weighted by Gasteiger charge is 2.64. The molecule has 0 bridgehead atoms. The van der Waals surface area contributed by atoms with E-state index < -0.39 is 11.4 Å². The van der Waals surface area contributed by atoms with Crippen molar-refractivity contribution in [2.75, 3.05) is 25.1 Å². The Hall–Kier alpha value is -3.45. The lowest BCUT2D eigenvalue weighted by molar-refractivity contribution is -0.125. The second-order valence-corrected chi connectivity index (χ2v) is 7.76. The SMILES string of the molecule is Cc1ccc2oc3c(c(=O)c2c1)C1(C(=O)N(C)c2ccccc21)N(CCCO)C3=O. The van der Waals surface area contributed by atoms with Crippen LogP contribution in [0, 0.1) is 6.92 Å². The minimum atomic E-state index is -1.59. The molecular formula is C23H20N2O5. The number of para-hydroxylation sites is 1. The summed E-state index contributed by atoms with van der Waals surface area (Å²) >= 11 is 0. The monoisotopic (exact) mass is 404 g/mol. The van der Waals surface area contributed by atoms with Crippen molar-refractivity contribution >= 4 is 28.5 Å². The summed E-state index contributed by atoms with van der Waals surface area (Å²) < 4.78 is 5.92. The molecule has 0 aliphatic carbocycles. The zero-order valence-corrected chi connectivity index (χ0v) is 16.6. The molecule has 3 heterocycles. The van der Waals surface area contributed by atoms with E-state index in [1.54, 1.807) is 43.4 Å². The first-order chi connectivity index (χ1) is 14.4. The van der Waals surface area contributed by atoms with Crippen molar-refractivity contribution in [1.29, 1.82) is 0 Å². The van der Waals surface area contributed by atoms with Gasteiger partial charge in [0, 0.05) is 31.5 Å². The van der Waals surface area contributed by atoms with E-state index in [-0.39, 0.29) is 42.2 Å². The molecule has 7 nitrogen and oxygen atoms in total.